The summed E-state index contributed by atoms with van der Waals surface area (Å²) >= 11 is 0. The Bertz CT molecular complexity index is 342. The molecule has 0 fully saturated rings. The highest BCUT2D eigenvalue weighted by atomic mass is 16.6. The van der Waals surface area contributed by atoms with E-state index in [1.54, 1.807) is 27.9 Å². The van der Waals surface area contributed by atoms with E-state index < -0.39 is 23.2 Å². The predicted molar refractivity (Wildman–Crippen MR) is 78.3 cm³/mol. The monoisotopic (exact) mass is 287 g/mol. The third-order valence-electron chi connectivity index (χ3n) is 2.78. The number of hydrogen-bond donors (Lipinski definition) is 1. The highest BCUT2D eigenvalue weighted by molar-refractivity contribution is 5.85. The van der Waals surface area contributed by atoms with Gasteiger partial charge < -0.3 is 14.8 Å². The van der Waals surface area contributed by atoms with Crippen LogP contribution in [0.4, 0.5) is 0 Å². The van der Waals surface area contributed by atoms with Crippen LogP contribution in [0.5, 0.6) is 0 Å². The van der Waals surface area contributed by atoms with Crippen molar-refractivity contribution in [3.05, 3.63) is 0 Å². The third-order valence-corrected chi connectivity index (χ3v) is 2.78. The Hall–Kier alpha value is -1.10. The van der Waals surface area contributed by atoms with Crippen molar-refractivity contribution in [3.8, 4) is 0 Å². The number of carbonyl (C=O) groups is 2. The smallest absolute Gasteiger partial charge is 0.329 e. The molecule has 0 spiro atoms. The second kappa shape index (κ2) is 7.07. The van der Waals surface area contributed by atoms with Crippen LogP contribution in [0.15, 0.2) is 0 Å². The van der Waals surface area contributed by atoms with Crippen molar-refractivity contribution in [2.75, 3.05) is 7.11 Å². The van der Waals surface area contributed by atoms with E-state index in [1.165, 1.54) is 0 Å². The molecule has 0 aromatic carbocycles. The van der Waals surface area contributed by atoms with Crippen LogP contribution < -0.4 is 5.32 Å². The molecule has 0 bridgehead atoms. The highest BCUT2D eigenvalue weighted by Gasteiger charge is 2.30. The highest BCUT2D eigenvalue weighted by Crippen LogP contribution is 2.15. The van der Waals surface area contributed by atoms with Crippen LogP contribution in [0.1, 0.15) is 54.9 Å². The molecule has 20 heavy (non-hydrogen) atoms. The Morgan fingerprint density at radius 1 is 1.10 bits per heavy atom. The first-order valence-corrected chi connectivity index (χ1v) is 6.95. The van der Waals surface area contributed by atoms with Crippen molar-refractivity contribution in [2.45, 2.75) is 72.1 Å². The number of amides is 1. The van der Waals surface area contributed by atoms with Gasteiger partial charge in [0.2, 0.25) is 5.91 Å². The van der Waals surface area contributed by atoms with E-state index in [4.69, 9.17) is 9.47 Å². The lowest BCUT2D eigenvalue weighted by molar-refractivity contribution is -0.160. The maximum absolute atomic E-state index is 12.1. The van der Waals surface area contributed by atoms with Gasteiger partial charge in [0, 0.05) is 7.11 Å². The number of hydrogen-bond acceptors (Lipinski definition) is 4. The Labute approximate surface area is 122 Å². The van der Waals surface area contributed by atoms with Gasteiger partial charge in [0.15, 0.2) is 0 Å². The van der Waals surface area contributed by atoms with Gasteiger partial charge in [-0.15, -0.1) is 0 Å². The maximum atomic E-state index is 12.1. The molecule has 1 amide bonds. The molecule has 0 aliphatic heterocycles. The van der Waals surface area contributed by atoms with E-state index in [9.17, 15) is 9.59 Å². The van der Waals surface area contributed by atoms with E-state index in [-0.39, 0.29) is 18.2 Å². The second-order valence-corrected chi connectivity index (χ2v) is 6.96. The molecule has 1 atom stereocenters. The number of esters is 1. The quantitative estimate of drug-likeness (QED) is 0.761. The van der Waals surface area contributed by atoms with E-state index >= 15 is 0 Å². The fourth-order valence-electron chi connectivity index (χ4n) is 1.55. The van der Waals surface area contributed by atoms with Crippen molar-refractivity contribution in [1.29, 1.82) is 0 Å². The molecule has 0 aliphatic rings. The van der Waals surface area contributed by atoms with Gasteiger partial charge >= 0.3 is 5.97 Å². The molecule has 0 rings (SSSR count). The van der Waals surface area contributed by atoms with Crippen molar-refractivity contribution in [3.63, 3.8) is 0 Å². The first kappa shape index (κ1) is 18.9. The van der Waals surface area contributed by atoms with Gasteiger partial charge in [-0.05, 0) is 40.5 Å². The summed E-state index contributed by atoms with van der Waals surface area (Å²) in [6.07, 6.45) is 0.190. The lowest BCUT2D eigenvalue weighted by atomic mass is 10.0. The zero-order chi connectivity index (χ0) is 16.1. The van der Waals surface area contributed by atoms with E-state index in [0.29, 0.717) is 0 Å². The Morgan fingerprint density at radius 3 is 1.95 bits per heavy atom. The zero-order valence-electron chi connectivity index (χ0n) is 14.0. The third kappa shape index (κ3) is 7.48. The summed E-state index contributed by atoms with van der Waals surface area (Å²) in [7, 11) is 1.56. The molecule has 5 heteroatoms. The summed E-state index contributed by atoms with van der Waals surface area (Å²) < 4.78 is 10.5. The van der Waals surface area contributed by atoms with Crippen LogP contribution in [-0.2, 0) is 19.1 Å². The number of rotatable bonds is 6. The van der Waals surface area contributed by atoms with Crippen molar-refractivity contribution in [1.82, 2.24) is 5.32 Å². The van der Waals surface area contributed by atoms with Crippen LogP contribution in [0.2, 0.25) is 0 Å². The largest absolute Gasteiger partial charge is 0.458 e. The predicted octanol–water partition coefficient (Wildman–Crippen LogP) is 2.28. The number of nitrogens with one attached hydrogen (secondary N) is 1. The van der Waals surface area contributed by atoms with Gasteiger partial charge in [0.25, 0.3) is 0 Å². The molecule has 0 saturated carbocycles. The fourth-order valence-corrected chi connectivity index (χ4v) is 1.55. The second-order valence-electron chi connectivity index (χ2n) is 6.96. The molecule has 0 aliphatic carbocycles. The first-order valence-electron chi connectivity index (χ1n) is 6.95. The molecule has 0 unspecified atom stereocenters. The minimum absolute atomic E-state index is 0.0422. The summed E-state index contributed by atoms with van der Waals surface area (Å²) in [6.45, 7) is 12.8. The van der Waals surface area contributed by atoms with Gasteiger partial charge in [-0.3, -0.25) is 4.79 Å². The SMILES string of the molecule is COC(C)(C)CC(=O)N[C@H](C(=O)OC(C)(C)C)C(C)C. The minimum Gasteiger partial charge on any atom is -0.458 e. The van der Waals surface area contributed by atoms with E-state index in [1.807, 2.05) is 27.7 Å². The standard InChI is InChI=1S/C15H29NO4/c1-10(2)12(13(18)20-14(3,4)5)16-11(17)9-15(6,7)19-8/h10,12H,9H2,1-8H3,(H,16,17)/t12-/m0/s1. The van der Waals surface area contributed by atoms with Crippen LogP contribution in [-0.4, -0.2) is 36.2 Å². The average Bonchev–Trinajstić information content (AvgIpc) is 2.22. The summed E-state index contributed by atoms with van der Waals surface area (Å²) in [4.78, 5) is 24.1. The molecular formula is C15H29NO4. The van der Waals surface area contributed by atoms with Crippen molar-refractivity contribution in [2.24, 2.45) is 5.92 Å². The summed E-state index contributed by atoms with van der Waals surface area (Å²) in [5.41, 5.74) is -1.12. The van der Waals surface area contributed by atoms with Crippen molar-refractivity contribution < 1.29 is 19.1 Å². The fraction of sp³-hybridized carbons (Fsp3) is 0.867. The van der Waals surface area contributed by atoms with Gasteiger partial charge in [0.1, 0.15) is 11.6 Å². The van der Waals surface area contributed by atoms with Crippen LogP contribution in [0.25, 0.3) is 0 Å². The molecule has 0 radical (unpaired) electrons. The first-order chi connectivity index (χ1) is 8.88. The van der Waals surface area contributed by atoms with E-state index in [0.717, 1.165) is 0 Å². The molecule has 0 aromatic heterocycles. The maximum Gasteiger partial charge on any atom is 0.329 e. The van der Waals surface area contributed by atoms with E-state index in [2.05, 4.69) is 5.32 Å². The Kier molecular flexibility index (Phi) is 6.68. The summed E-state index contributed by atoms with van der Waals surface area (Å²) in [6, 6.07) is -0.644. The van der Waals surface area contributed by atoms with Crippen LogP contribution in [0.3, 0.4) is 0 Å². The average molecular weight is 287 g/mol. The van der Waals surface area contributed by atoms with Gasteiger partial charge in [-0.1, -0.05) is 13.8 Å². The number of methoxy groups -OCH3 is 1. The lowest BCUT2D eigenvalue weighted by Crippen LogP contribution is -2.48. The minimum atomic E-state index is -0.644. The molecular weight excluding hydrogens is 258 g/mol. The lowest BCUT2D eigenvalue weighted by Gasteiger charge is -2.28. The van der Waals surface area contributed by atoms with Gasteiger partial charge in [-0.2, -0.15) is 0 Å². The zero-order valence-corrected chi connectivity index (χ0v) is 14.0. The van der Waals surface area contributed by atoms with Gasteiger partial charge in [-0.25, -0.2) is 4.79 Å². The molecule has 0 aromatic rings. The summed E-state index contributed by atoms with van der Waals surface area (Å²) in [5, 5.41) is 2.74. The Morgan fingerprint density at radius 2 is 1.60 bits per heavy atom. The topological polar surface area (TPSA) is 64.6 Å². The van der Waals surface area contributed by atoms with Crippen LogP contribution in [0, 0.1) is 5.92 Å². The molecule has 0 heterocycles. The number of ether oxygens (including phenoxy) is 2. The number of carbonyl (C=O) groups excluding carboxylic acids is 2. The molecule has 118 valence electrons. The van der Waals surface area contributed by atoms with Crippen LogP contribution >= 0.6 is 0 Å². The summed E-state index contributed by atoms with van der Waals surface area (Å²) in [5.74, 6) is -0.670. The molecule has 1 N–H and O–H groups in total. The Balaban J connectivity index is 4.72. The van der Waals surface area contributed by atoms with Crippen molar-refractivity contribution >= 4 is 11.9 Å². The van der Waals surface area contributed by atoms with Gasteiger partial charge in [0.05, 0.1) is 12.0 Å². The molecule has 0 saturated heterocycles. The normalized spacial score (nSPS) is 14.1. The molecule has 5 nitrogen and oxygen atoms in total.